The van der Waals surface area contributed by atoms with Gasteiger partial charge in [0.25, 0.3) is 0 Å². The van der Waals surface area contributed by atoms with Gasteiger partial charge in [-0.25, -0.2) is 28.6 Å². The molecule has 1 aliphatic heterocycles. The molecule has 0 saturated carbocycles. The quantitative estimate of drug-likeness (QED) is 0.0207. The van der Waals surface area contributed by atoms with Crippen LogP contribution >= 0.6 is 35.5 Å². The number of hydrogen-bond acceptors (Lipinski definition) is 20. The van der Waals surface area contributed by atoms with Crippen LogP contribution in [0.1, 0.15) is 32.9 Å². The Kier molecular flexibility index (Phi) is 16.2. The zero-order chi connectivity index (χ0) is 40.5. The number of nitrogens with one attached hydrogen (secondary N) is 2. The Hall–Kier alpha value is -2.97. The van der Waals surface area contributed by atoms with E-state index in [1.165, 1.54) is 13.8 Å². The highest BCUT2D eigenvalue weighted by molar-refractivity contribution is 7.95. The van der Waals surface area contributed by atoms with Crippen molar-refractivity contribution in [3.63, 3.8) is 0 Å². The maximum Gasteiger partial charge on any atom is 0.481 e. The lowest BCUT2D eigenvalue weighted by Crippen LogP contribution is -2.46. The third-order valence-electron chi connectivity index (χ3n) is 6.99. The maximum atomic E-state index is 12.6. The molecule has 2 aromatic rings. The summed E-state index contributed by atoms with van der Waals surface area (Å²) in [5.41, 5.74) is 4.21. The van der Waals surface area contributed by atoms with Crippen LogP contribution in [0.15, 0.2) is 12.7 Å². The van der Waals surface area contributed by atoms with Crippen LogP contribution in [0, 0.1) is 5.41 Å². The molecule has 7 atom stereocenters. The van der Waals surface area contributed by atoms with Crippen LogP contribution in [-0.2, 0) is 59.7 Å². The molecular formula is C24H38N7O19P3S. The molecule has 1 fully saturated rings. The van der Waals surface area contributed by atoms with Crippen molar-refractivity contribution in [1.29, 1.82) is 0 Å². The average molecular weight is 854 g/mol. The van der Waals surface area contributed by atoms with Crippen molar-refractivity contribution >= 4 is 76.6 Å². The first-order chi connectivity index (χ1) is 25.1. The van der Waals surface area contributed by atoms with Crippen LogP contribution in [0.5, 0.6) is 0 Å². The Morgan fingerprint density at radius 3 is 2.44 bits per heavy atom. The fourth-order valence-corrected chi connectivity index (χ4v) is 7.68. The number of anilines is 1. The van der Waals surface area contributed by atoms with Gasteiger partial charge in [0.15, 0.2) is 17.7 Å². The van der Waals surface area contributed by atoms with E-state index >= 15 is 0 Å². The predicted molar refractivity (Wildman–Crippen MR) is 179 cm³/mol. The second kappa shape index (κ2) is 19.3. The van der Waals surface area contributed by atoms with Gasteiger partial charge in [-0.2, -0.15) is 4.31 Å². The smallest absolute Gasteiger partial charge is 0.391 e. The molecule has 3 rings (SSSR count). The molecule has 54 heavy (non-hydrogen) atoms. The van der Waals surface area contributed by atoms with Gasteiger partial charge in [0, 0.05) is 30.7 Å². The summed E-state index contributed by atoms with van der Waals surface area (Å²) in [6.07, 6.45) is -7.07. The Morgan fingerprint density at radius 1 is 1.09 bits per heavy atom. The van der Waals surface area contributed by atoms with Gasteiger partial charge >= 0.3 is 29.4 Å². The molecule has 1 saturated heterocycles. The number of carbonyl (C=O) groups excluding carboxylic acids is 4. The molecule has 0 spiro atoms. The van der Waals surface area contributed by atoms with E-state index in [-0.39, 0.29) is 42.2 Å². The molecule has 3 heterocycles. The zero-order valence-electron chi connectivity index (χ0n) is 28.2. The minimum absolute atomic E-state index is 0.0220. The summed E-state index contributed by atoms with van der Waals surface area (Å²) in [7, 11) is -16.4. The number of aldehydes is 1. The van der Waals surface area contributed by atoms with Crippen molar-refractivity contribution in [2.45, 2.75) is 57.3 Å². The summed E-state index contributed by atoms with van der Waals surface area (Å²) in [5, 5.41) is 26.1. The third kappa shape index (κ3) is 13.6. The van der Waals surface area contributed by atoms with Crippen LogP contribution < -0.4 is 16.4 Å². The third-order valence-corrected chi connectivity index (χ3v) is 10.8. The van der Waals surface area contributed by atoms with Gasteiger partial charge in [0.2, 0.25) is 11.8 Å². The van der Waals surface area contributed by atoms with Gasteiger partial charge in [-0.3, -0.25) is 32.5 Å². The summed E-state index contributed by atoms with van der Waals surface area (Å²) in [6, 6.07) is 0. The number of aromatic nitrogens is 4. The number of imidazole rings is 1. The molecule has 1 aliphatic rings. The van der Waals surface area contributed by atoms with E-state index in [1.54, 1.807) is 0 Å². The van der Waals surface area contributed by atoms with Gasteiger partial charge < -0.3 is 59.9 Å². The summed E-state index contributed by atoms with van der Waals surface area (Å²) in [6.45, 7) is 0.251. The van der Waals surface area contributed by atoms with E-state index in [2.05, 4.69) is 38.6 Å². The van der Waals surface area contributed by atoms with Crippen LogP contribution in [0.25, 0.3) is 11.2 Å². The van der Waals surface area contributed by atoms with Crippen LogP contribution in [0.4, 0.5) is 5.82 Å². The van der Waals surface area contributed by atoms with Crippen molar-refractivity contribution in [2.75, 3.05) is 37.8 Å². The highest BCUT2D eigenvalue weighted by atomic mass is 32.2. The Bertz CT molecular complexity index is 1800. The van der Waals surface area contributed by atoms with Crippen molar-refractivity contribution in [3.8, 4) is 0 Å². The Labute approximate surface area is 309 Å². The molecule has 7 unspecified atom stereocenters. The number of phosphoric acid groups is 3. The van der Waals surface area contributed by atoms with E-state index < -0.39 is 96.9 Å². The van der Waals surface area contributed by atoms with Crippen molar-refractivity contribution in [1.82, 2.24) is 30.2 Å². The lowest BCUT2D eigenvalue weighted by molar-refractivity contribution is -0.137. The number of nitrogens with two attached hydrogens (primary N) is 1. The fraction of sp³-hybridized carbons (Fsp3) is 0.625. The van der Waals surface area contributed by atoms with E-state index in [0.717, 1.165) is 29.3 Å². The molecule has 0 aliphatic carbocycles. The summed E-state index contributed by atoms with van der Waals surface area (Å²) >= 11 is 0.726. The highest BCUT2D eigenvalue weighted by Gasteiger charge is 2.50. The molecular weight excluding hydrogens is 815 g/mol. The molecule has 30 heteroatoms. The normalized spacial score (nSPS) is 21.9. The number of ether oxygens (including phenoxy) is 1. The first-order valence-corrected chi connectivity index (χ1v) is 20.6. The molecule has 2 amide bonds. The minimum atomic E-state index is -5.58. The van der Waals surface area contributed by atoms with Gasteiger partial charge in [0.1, 0.15) is 49.0 Å². The van der Waals surface area contributed by atoms with E-state index in [0.29, 0.717) is 6.29 Å². The van der Waals surface area contributed by atoms with E-state index in [1.807, 2.05) is 0 Å². The van der Waals surface area contributed by atoms with Crippen molar-refractivity contribution in [3.05, 3.63) is 12.7 Å². The number of rotatable bonds is 22. The molecule has 0 radical (unpaired) electrons. The second-order valence-corrected chi connectivity index (χ2v) is 16.8. The topological polar surface area (TPSA) is 390 Å². The largest absolute Gasteiger partial charge is 0.481 e. The molecule has 0 bridgehead atoms. The average Bonchev–Trinajstić information content (AvgIpc) is 3.62. The van der Waals surface area contributed by atoms with Crippen LogP contribution in [0.2, 0.25) is 0 Å². The first-order valence-electron chi connectivity index (χ1n) is 15.2. The number of aliphatic hydroxyl groups excluding tert-OH is 2. The minimum Gasteiger partial charge on any atom is -0.391 e. The second-order valence-electron chi connectivity index (χ2n) is 11.7. The number of aliphatic hydroxyl groups is 2. The standard InChI is InChI=1S/C24H38N7O19P3S/c1-24(2,19(36)22(37)27-5-3-14(33)26-6-8-54-49-15(34)4-7-32)10-46-53(43,44)50-52(41,42)45-9-13-18(48-51(38,39)40)17(35)23(47-13)31-12-30-16-20(25)28-11-29-21(16)31/h7,11-13,17-19,23,35-36H,3-6,8-10H2,1-2H3,(H,26,33)(H,27,37)(H,41,42)(H,43,44)(H2,25,28,29)(H2,38,39,40). The zero-order valence-corrected chi connectivity index (χ0v) is 31.7. The monoisotopic (exact) mass is 853 g/mol. The van der Waals surface area contributed by atoms with Gasteiger partial charge in [-0.1, -0.05) is 13.8 Å². The summed E-state index contributed by atoms with van der Waals surface area (Å²) in [4.78, 5) is 96.5. The highest BCUT2D eigenvalue weighted by Crippen LogP contribution is 2.61. The van der Waals surface area contributed by atoms with Crippen molar-refractivity contribution in [2.24, 2.45) is 5.41 Å². The van der Waals surface area contributed by atoms with Crippen LogP contribution in [-0.4, -0.2) is 130 Å². The van der Waals surface area contributed by atoms with E-state index in [4.69, 9.17) is 19.5 Å². The number of fused-ring (bicyclic) bond motifs is 1. The van der Waals surface area contributed by atoms with Crippen molar-refractivity contribution < 1.29 is 89.5 Å². The molecule has 0 aromatic carbocycles. The fourth-order valence-electron chi connectivity index (χ4n) is 4.38. The first kappa shape index (κ1) is 45.4. The number of carbonyl (C=O) groups is 4. The number of amides is 2. The number of phosphoric ester groups is 3. The summed E-state index contributed by atoms with van der Waals surface area (Å²) < 4.78 is 66.5. The van der Waals surface area contributed by atoms with E-state index in [9.17, 15) is 62.7 Å². The number of hydrogen-bond donors (Lipinski definition) is 9. The number of nitrogens with zero attached hydrogens (tertiary/aromatic N) is 4. The molecule has 10 N–H and O–H groups in total. The number of nitrogen functional groups attached to an aromatic ring is 1. The van der Waals surface area contributed by atoms with Crippen LogP contribution in [0.3, 0.4) is 0 Å². The molecule has 304 valence electrons. The maximum absolute atomic E-state index is 12.6. The predicted octanol–water partition coefficient (Wildman–Crippen LogP) is -1.81. The SMILES string of the molecule is CC(C)(COP(=O)(O)OP(=O)(O)OCC1OC(n2cnc3c(N)ncnc32)C(O)C1OP(=O)(O)O)C(O)C(=O)NCCC(=O)NCCSOC(=O)CC=O. The Morgan fingerprint density at radius 2 is 1.78 bits per heavy atom. The van der Waals surface area contributed by atoms with Gasteiger partial charge in [-0.05, 0) is 0 Å². The Balaban J connectivity index is 1.50. The lowest BCUT2D eigenvalue weighted by atomic mass is 9.87. The summed E-state index contributed by atoms with van der Waals surface area (Å²) in [5.74, 6) is -2.13. The van der Waals surface area contributed by atoms with Gasteiger partial charge in [0.05, 0.1) is 31.6 Å². The lowest BCUT2D eigenvalue weighted by Gasteiger charge is -2.30. The molecule has 2 aromatic heterocycles. The molecule has 26 nitrogen and oxygen atoms in total. The van der Waals surface area contributed by atoms with Gasteiger partial charge in [-0.15, -0.1) is 0 Å².